The lowest BCUT2D eigenvalue weighted by Crippen LogP contribution is -2.25. The lowest BCUT2D eigenvalue weighted by atomic mass is 10.1. The average Bonchev–Trinajstić information content (AvgIpc) is 2.29. The summed E-state index contributed by atoms with van der Waals surface area (Å²) in [7, 11) is 0. The predicted octanol–water partition coefficient (Wildman–Crippen LogP) is 2.08. The molecule has 110 valence electrons. The molecule has 0 aromatic carbocycles. The van der Waals surface area contributed by atoms with Crippen molar-refractivity contribution >= 4 is 0 Å². The molecule has 0 spiro atoms. The van der Waals surface area contributed by atoms with Crippen LogP contribution in [-0.4, -0.2) is 52.2 Å². The summed E-state index contributed by atoms with van der Waals surface area (Å²) in [6, 6.07) is 0. The van der Waals surface area contributed by atoms with Crippen molar-refractivity contribution in [2.75, 3.05) is 46.1 Å². The van der Waals surface area contributed by atoms with Crippen molar-refractivity contribution < 1.29 is 14.2 Å². The molecule has 0 radical (unpaired) electrons. The first-order chi connectivity index (χ1) is 8.63. The zero-order valence-corrected chi connectivity index (χ0v) is 12.5. The van der Waals surface area contributed by atoms with Gasteiger partial charge in [-0.2, -0.15) is 0 Å². The highest BCUT2D eigenvalue weighted by molar-refractivity contribution is 4.47. The van der Waals surface area contributed by atoms with Crippen LogP contribution in [0.4, 0.5) is 0 Å². The molecular weight excluding hydrogens is 230 g/mol. The van der Waals surface area contributed by atoms with Gasteiger partial charge in [-0.3, -0.25) is 0 Å². The Balaban J connectivity index is 2.95. The van der Waals surface area contributed by atoms with E-state index in [0.29, 0.717) is 13.2 Å². The molecule has 0 aliphatic carbocycles. The first-order valence-electron chi connectivity index (χ1n) is 7.10. The highest BCUT2D eigenvalue weighted by atomic mass is 16.5. The highest BCUT2D eigenvalue weighted by Gasteiger charge is 1.95. The van der Waals surface area contributed by atoms with Crippen LogP contribution in [0.1, 0.15) is 34.1 Å². The zero-order chi connectivity index (χ0) is 13.6. The van der Waals surface area contributed by atoms with Gasteiger partial charge in [0.15, 0.2) is 0 Å². The van der Waals surface area contributed by atoms with Crippen molar-refractivity contribution in [3.63, 3.8) is 0 Å². The van der Waals surface area contributed by atoms with Gasteiger partial charge in [0, 0.05) is 19.7 Å². The van der Waals surface area contributed by atoms with Gasteiger partial charge in [0.25, 0.3) is 0 Å². The first-order valence-corrected chi connectivity index (χ1v) is 7.10. The number of nitrogens with one attached hydrogen (secondary N) is 1. The average molecular weight is 261 g/mol. The van der Waals surface area contributed by atoms with E-state index in [9.17, 15) is 0 Å². The van der Waals surface area contributed by atoms with Gasteiger partial charge < -0.3 is 19.5 Å². The van der Waals surface area contributed by atoms with E-state index >= 15 is 0 Å². The SMILES string of the molecule is CC(C)CCOCCNCCOCCOC(C)C. The van der Waals surface area contributed by atoms with Crippen LogP contribution in [-0.2, 0) is 14.2 Å². The molecule has 0 rings (SSSR count). The molecule has 0 aliphatic heterocycles. The van der Waals surface area contributed by atoms with Crippen LogP contribution in [0, 0.1) is 5.92 Å². The van der Waals surface area contributed by atoms with Gasteiger partial charge in [0.05, 0.1) is 32.5 Å². The summed E-state index contributed by atoms with van der Waals surface area (Å²) in [4.78, 5) is 0. The van der Waals surface area contributed by atoms with Crippen LogP contribution >= 0.6 is 0 Å². The van der Waals surface area contributed by atoms with Crippen LogP contribution < -0.4 is 5.32 Å². The minimum absolute atomic E-state index is 0.287. The Morgan fingerprint density at radius 2 is 1.39 bits per heavy atom. The molecule has 0 fully saturated rings. The molecule has 0 atom stereocenters. The fraction of sp³-hybridized carbons (Fsp3) is 1.00. The quantitative estimate of drug-likeness (QED) is 0.515. The third-order valence-electron chi connectivity index (χ3n) is 2.36. The molecule has 0 saturated carbocycles. The van der Waals surface area contributed by atoms with Crippen LogP contribution in [0.15, 0.2) is 0 Å². The second-order valence-electron chi connectivity index (χ2n) is 5.08. The maximum absolute atomic E-state index is 5.49. The van der Waals surface area contributed by atoms with Gasteiger partial charge in [-0.25, -0.2) is 0 Å². The van der Waals surface area contributed by atoms with Gasteiger partial charge in [-0.1, -0.05) is 13.8 Å². The van der Waals surface area contributed by atoms with E-state index in [0.717, 1.165) is 45.2 Å². The maximum Gasteiger partial charge on any atom is 0.0703 e. The number of rotatable bonds is 13. The van der Waals surface area contributed by atoms with Crippen LogP contribution in [0.25, 0.3) is 0 Å². The Morgan fingerprint density at radius 1 is 0.778 bits per heavy atom. The summed E-state index contributed by atoms with van der Waals surface area (Å²) < 4.78 is 16.3. The van der Waals surface area contributed by atoms with E-state index in [-0.39, 0.29) is 6.10 Å². The normalized spacial score (nSPS) is 11.7. The summed E-state index contributed by atoms with van der Waals surface area (Å²) in [5.41, 5.74) is 0. The third kappa shape index (κ3) is 15.8. The van der Waals surface area contributed by atoms with E-state index in [1.54, 1.807) is 0 Å². The molecular formula is C14H31NO3. The molecule has 0 aromatic heterocycles. The Bertz CT molecular complexity index is 145. The number of ether oxygens (including phenoxy) is 3. The van der Waals surface area contributed by atoms with E-state index in [2.05, 4.69) is 19.2 Å². The van der Waals surface area contributed by atoms with Crippen LogP contribution in [0.3, 0.4) is 0 Å². The van der Waals surface area contributed by atoms with Crippen LogP contribution in [0.5, 0.6) is 0 Å². The van der Waals surface area contributed by atoms with Crippen LogP contribution in [0.2, 0.25) is 0 Å². The van der Waals surface area contributed by atoms with Crippen molar-refractivity contribution in [1.82, 2.24) is 5.32 Å². The van der Waals surface area contributed by atoms with Crippen molar-refractivity contribution in [1.29, 1.82) is 0 Å². The predicted molar refractivity (Wildman–Crippen MR) is 75.1 cm³/mol. The molecule has 4 heteroatoms. The molecule has 0 amide bonds. The molecule has 0 bridgehead atoms. The molecule has 0 aliphatic rings. The number of hydrogen-bond donors (Lipinski definition) is 1. The van der Waals surface area contributed by atoms with Gasteiger partial charge in [-0.15, -0.1) is 0 Å². The second kappa shape index (κ2) is 13.3. The summed E-state index contributed by atoms with van der Waals surface area (Å²) in [6.45, 7) is 14.0. The molecule has 18 heavy (non-hydrogen) atoms. The standard InChI is InChI=1S/C14H31NO3/c1-13(2)5-8-16-9-6-15-7-10-17-11-12-18-14(3)4/h13-15H,5-12H2,1-4H3. The zero-order valence-electron chi connectivity index (χ0n) is 12.5. The molecule has 0 aromatic rings. The van der Waals surface area contributed by atoms with E-state index < -0.39 is 0 Å². The lowest BCUT2D eigenvalue weighted by molar-refractivity contribution is 0.0201. The number of hydrogen-bond acceptors (Lipinski definition) is 4. The van der Waals surface area contributed by atoms with Gasteiger partial charge >= 0.3 is 0 Å². The van der Waals surface area contributed by atoms with Crippen molar-refractivity contribution in [3.8, 4) is 0 Å². The molecule has 4 nitrogen and oxygen atoms in total. The highest BCUT2D eigenvalue weighted by Crippen LogP contribution is 1.98. The van der Waals surface area contributed by atoms with Gasteiger partial charge in [0.2, 0.25) is 0 Å². The lowest BCUT2D eigenvalue weighted by Gasteiger charge is -2.09. The van der Waals surface area contributed by atoms with E-state index in [1.165, 1.54) is 0 Å². The Morgan fingerprint density at radius 3 is 1.94 bits per heavy atom. The minimum Gasteiger partial charge on any atom is -0.380 e. The minimum atomic E-state index is 0.287. The molecule has 0 heterocycles. The molecule has 0 saturated heterocycles. The third-order valence-corrected chi connectivity index (χ3v) is 2.36. The Kier molecular flexibility index (Phi) is 13.2. The fourth-order valence-electron chi connectivity index (χ4n) is 1.28. The summed E-state index contributed by atoms with van der Waals surface area (Å²) in [6.07, 6.45) is 1.42. The smallest absolute Gasteiger partial charge is 0.0703 e. The van der Waals surface area contributed by atoms with E-state index in [4.69, 9.17) is 14.2 Å². The molecule has 1 N–H and O–H groups in total. The largest absolute Gasteiger partial charge is 0.380 e. The van der Waals surface area contributed by atoms with Crippen molar-refractivity contribution in [2.24, 2.45) is 5.92 Å². The maximum atomic E-state index is 5.49. The Hall–Kier alpha value is -0.160. The monoisotopic (exact) mass is 261 g/mol. The van der Waals surface area contributed by atoms with Crippen molar-refractivity contribution in [3.05, 3.63) is 0 Å². The molecule has 0 unspecified atom stereocenters. The second-order valence-corrected chi connectivity index (χ2v) is 5.08. The fourth-order valence-corrected chi connectivity index (χ4v) is 1.28. The first kappa shape index (κ1) is 17.8. The summed E-state index contributed by atoms with van der Waals surface area (Å²) in [5.74, 6) is 0.722. The Labute approximate surface area is 112 Å². The van der Waals surface area contributed by atoms with Crippen molar-refractivity contribution in [2.45, 2.75) is 40.2 Å². The van der Waals surface area contributed by atoms with Gasteiger partial charge in [-0.05, 0) is 26.2 Å². The van der Waals surface area contributed by atoms with Gasteiger partial charge in [0.1, 0.15) is 0 Å². The summed E-state index contributed by atoms with van der Waals surface area (Å²) >= 11 is 0. The summed E-state index contributed by atoms with van der Waals surface area (Å²) in [5, 5.41) is 3.28. The topological polar surface area (TPSA) is 39.7 Å². The van der Waals surface area contributed by atoms with E-state index in [1.807, 2.05) is 13.8 Å².